The van der Waals surface area contributed by atoms with Crippen molar-refractivity contribution in [2.24, 2.45) is 5.10 Å². The van der Waals surface area contributed by atoms with Crippen LogP contribution in [0.25, 0.3) is 11.3 Å². The average molecular weight is 325 g/mol. The minimum atomic E-state index is 0.877. The summed E-state index contributed by atoms with van der Waals surface area (Å²) in [6.07, 6.45) is 2.02. The number of hydrogen-bond donors (Lipinski definition) is 0. The molecule has 0 unspecified atom stereocenters. The molecule has 0 saturated heterocycles. The molecule has 4 rings (SSSR count). The molecule has 0 saturated carbocycles. The molecule has 22 heavy (non-hydrogen) atoms. The van der Waals surface area contributed by atoms with Crippen molar-refractivity contribution in [1.29, 1.82) is 0 Å². The summed E-state index contributed by atoms with van der Waals surface area (Å²) in [5, 5.41) is 5.76. The van der Waals surface area contributed by atoms with Crippen molar-refractivity contribution in [3.05, 3.63) is 57.9 Å². The van der Waals surface area contributed by atoms with Crippen molar-refractivity contribution in [3.8, 4) is 11.3 Å². The van der Waals surface area contributed by atoms with Gasteiger partial charge in [0.15, 0.2) is 5.16 Å². The molecule has 1 aromatic carbocycles. The van der Waals surface area contributed by atoms with Gasteiger partial charge in [-0.3, -0.25) is 0 Å². The Bertz CT molecular complexity index is 859. The van der Waals surface area contributed by atoms with Crippen molar-refractivity contribution in [3.63, 3.8) is 0 Å². The Morgan fingerprint density at radius 3 is 2.68 bits per heavy atom. The minimum absolute atomic E-state index is 0.877. The monoisotopic (exact) mass is 325 g/mol. The predicted molar refractivity (Wildman–Crippen MR) is 94.1 cm³/mol. The summed E-state index contributed by atoms with van der Waals surface area (Å²) in [7, 11) is 0. The predicted octanol–water partition coefficient (Wildman–Crippen LogP) is 4.59. The van der Waals surface area contributed by atoms with Gasteiger partial charge in [-0.15, -0.1) is 11.3 Å². The maximum absolute atomic E-state index is 4.79. The van der Waals surface area contributed by atoms with Gasteiger partial charge in [0.05, 0.1) is 17.6 Å². The van der Waals surface area contributed by atoms with Gasteiger partial charge in [-0.25, -0.2) is 9.66 Å². The largest absolute Gasteiger partial charge is 0.221 e. The fraction of sp³-hybridized carbons (Fsp3) is 0.176. The normalized spacial score (nSPS) is 13.8. The molecule has 110 valence electrons. The van der Waals surface area contributed by atoms with E-state index in [1.807, 2.05) is 40.4 Å². The van der Waals surface area contributed by atoms with Crippen molar-refractivity contribution < 1.29 is 0 Å². The number of rotatable bonds is 2. The Kier molecular flexibility index (Phi) is 3.39. The minimum Gasteiger partial charge on any atom is -0.221 e. The fourth-order valence-electron chi connectivity index (χ4n) is 2.61. The van der Waals surface area contributed by atoms with Gasteiger partial charge >= 0.3 is 0 Å². The molecule has 2 aromatic heterocycles. The Morgan fingerprint density at radius 2 is 1.95 bits per heavy atom. The van der Waals surface area contributed by atoms with Gasteiger partial charge in [0, 0.05) is 26.6 Å². The first kappa shape index (κ1) is 13.8. The first-order chi connectivity index (χ1) is 10.7. The average Bonchev–Trinajstić information content (AvgIpc) is 3.10. The molecule has 0 fully saturated rings. The highest BCUT2D eigenvalue weighted by molar-refractivity contribution is 7.99. The van der Waals surface area contributed by atoms with Gasteiger partial charge in [0.2, 0.25) is 0 Å². The summed E-state index contributed by atoms with van der Waals surface area (Å²) in [6.45, 7) is 4.31. The van der Waals surface area contributed by atoms with Crippen LogP contribution in [0.3, 0.4) is 0 Å². The fourth-order valence-corrected chi connectivity index (χ4v) is 4.43. The third kappa shape index (κ3) is 2.40. The van der Waals surface area contributed by atoms with Crippen LogP contribution < -0.4 is 0 Å². The number of thiophene rings is 1. The maximum atomic E-state index is 4.79. The Labute approximate surface area is 137 Å². The van der Waals surface area contributed by atoms with E-state index in [0.29, 0.717) is 0 Å². The van der Waals surface area contributed by atoms with Crippen LogP contribution in [0.1, 0.15) is 15.3 Å². The van der Waals surface area contributed by atoms with Crippen LogP contribution in [0.5, 0.6) is 0 Å². The third-order valence-corrected chi connectivity index (χ3v) is 5.56. The van der Waals surface area contributed by atoms with E-state index in [-0.39, 0.29) is 0 Å². The van der Waals surface area contributed by atoms with E-state index in [9.17, 15) is 0 Å². The summed E-state index contributed by atoms with van der Waals surface area (Å²) in [5.74, 6) is 0.877. The summed E-state index contributed by atoms with van der Waals surface area (Å²) >= 11 is 3.58. The van der Waals surface area contributed by atoms with Gasteiger partial charge < -0.3 is 0 Å². The smallest absolute Gasteiger partial charge is 0.189 e. The Balaban J connectivity index is 1.74. The second kappa shape index (κ2) is 5.41. The topological polar surface area (TPSA) is 30.2 Å². The number of aromatic nitrogens is 2. The molecule has 1 aliphatic rings. The van der Waals surface area contributed by atoms with Gasteiger partial charge in [0.25, 0.3) is 0 Å². The van der Waals surface area contributed by atoms with Crippen molar-refractivity contribution in [2.75, 3.05) is 5.75 Å². The molecule has 0 atom stereocenters. The summed E-state index contributed by atoms with van der Waals surface area (Å²) in [6, 6.07) is 12.5. The quantitative estimate of drug-likeness (QED) is 0.690. The number of imidazole rings is 1. The van der Waals surface area contributed by atoms with E-state index < -0.39 is 0 Å². The number of fused-ring (bicyclic) bond motifs is 1. The summed E-state index contributed by atoms with van der Waals surface area (Å²) in [4.78, 5) is 7.37. The SMILES string of the molecule is Cc1cc(C2=Nn3cc(-c4ccccc4)nc3SC2)c(C)s1. The third-order valence-electron chi connectivity index (χ3n) is 3.64. The molecule has 0 radical (unpaired) electrons. The van der Waals surface area contributed by atoms with Crippen molar-refractivity contribution >= 4 is 28.8 Å². The van der Waals surface area contributed by atoms with E-state index in [2.05, 4.69) is 32.0 Å². The van der Waals surface area contributed by atoms with Crippen LogP contribution in [-0.2, 0) is 0 Å². The zero-order valence-electron chi connectivity index (χ0n) is 12.4. The Hall–Kier alpha value is -1.85. The van der Waals surface area contributed by atoms with Crippen LogP contribution >= 0.6 is 23.1 Å². The standard InChI is InChI=1S/C17H15N3S2/c1-11-8-14(12(2)22-11)16-10-21-17-18-15(9-20(17)19-16)13-6-4-3-5-7-13/h3-9H,10H2,1-2H3. The van der Waals surface area contributed by atoms with Gasteiger partial charge in [-0.2, -0.15) is 5.10 Å². The van der Waals surface area contributed by atoms with Gasteiger partial charge in [-0.1, -0.05) is 42.1 Å². The molecule has 3 aromatic rings. The molecule has 0 spiro atoms. The first-order valence-corrected chi connectivity index (χ1v) is 8.94. The van der Waals surface area contributed by atoms with Gasteiger partial charge in [0.1, 0.15) is 0 Å². The van der Waals surface area contributed by atoms with Crippen molar-refractivity contribution in [2.45, 2.75) is 19.0 Å². The maximum Gasteiger partial charge on any atom is 0.189 e. The van der Waals surface area contributed by atoms with Crippen LogP contribution in [-0.4, -0.2) is 21.1 Å². The number of hydrogen-bond acceptors (Lipinski definition) is 4. The lowest BCUT2D eigenvalue weighted by atomic mass is 10.2. The second-order valence-electron chi connectivity index (χ2n) is 5.28. The molecule has 0 N–H and O–H groups in total. The molecule has 0 amide bonds. The Morgan fingerprint density at radius 1 is 1.14 bits per heavy atom. The molecule has 1 aliphatic heterocycles. The summed E-state index contributed by atoms with van der Waals surface area (Å²) < 4.78 is 1.91. The van der Waals surface area contributed by atoms with Crippen LogP contribution in [0.4, 0.5) is 0 Å². The number of nitrogens with zero attached hydrogens (tertiary/aromatic N) is 3. The second-order valence-corrected chi connectivity index (χ2v) is 7.68. The highest BCUT2D eigenvalue weighted by atomic mass is 32.2. The van der Waals surface area contributed by atoms with E-state index in [0.717, 1.165) is 27.9 Å². The van der Waals surface area contributed by atoms with Crippen molar-refractivity contribution in [1.82, 2.24) is 9.66 Å². The zero-order chi connectivity index (χ0) is 15.1. The van der Waals surface area contributed by atoms with E-state index in [1.54, 1.807) is 11.8 Å². The molecule has 3 heterocycles. The van der Waals surface area contributed by atoms with Gasteiger partial charge in [-0.05, 0) is 19.9 Å². The molecule has 0 aliphatic carbocycles. The number of thioether (sulfide) groups is 1. The summed E-state index contributed by atoms with van der Waals surface area (Å²) in [5.41, 5.74) is 4.52. The van der Waals surface area contributed by atoms with Crippen LogP contribution in [0.2, 0.25) is 0 Å². The highest BCUT2D eigenvalue weighted by Crippen LogP contribution is 2.30. The number of aryl methyl sites for hydroxylation is 2. The molecular formula is C17H15N3S2. The lowest BCUT2D eigenvalue weighted by molar-refractivity contribution is 0.757. The molecular weight excluding hydrogens is 310 g/mol. The van der Waals surface area contributed by atoms with E-state index >= 15 is 0 Å². The van der Waals surface area contributed by atoms with Crippen LogP contribution in [0, 0.1) is 13.8 Å². The molecule has 5 heteroatoms. The van der Waals surface area contributed by atoms with E-state index in [4.69, 9.17) is 10.1 Å². The lowest BCUT2D eigenvalue weighted by Gasteiger charge is -2.12. The number of benzene rings is 1. The lowest BCUT2D eigenvalue weighted by Crippen LogP contribution is -2.12. The van der Waals surface area contributed by atoms with E-state index in [1.165, 1.54) is 15.3 Å². The highest BCUT2D eigenvalue weighted by Gasteiger charge is 2.19. The van der Waals surface area contributed by atoms with Crippen LogP contribution in [0.15, 0.2) is 52.9 Å². The molecule has 0 bridgehead atoms. The molecule has 3 nitrogen and oxygen atoms in total. The first-order valence-electron chi connectivity index (χ1n) is 7.13. The zero-order valence-corrected chi connectivity index (χ0v) is 14.0.